The Labute approximate surface area is 343 Å². The van der Waals surface area contributed by atoms with Crippen molar-refractivity contribution >= 4 is 88.0 Å². The van der Waals surface area contributed by atoms with Crippen molar-refractivity contribution in [3.63, 3.8) is 0 Å². The Morgan fingerprint density at radius 1 is 0.729 bits per heavy atom. The lowest BCUT2D eigenvalue weighted by molar-refractivity contribution is -0.137. The number of thioether (sulfide) groups is 2. The van der Waals surface area contributed by atoms with E-state index in [0.29, 0.717) is 12.1 Å². The molecule has 1 aliphatic rings. The summed E-state index contributed by atoms with van der Waals surface area (Å²) in [7, 11) is 0. The molecule has 0 atom stereocenters. The van der Waals surface area contributed by atoms with Crippen LogP contribution >= 0.6 is 23.5 Å². The fourth-order valence-corrected chi connectivity index (χ4v) is 6.66. The second kappa shape index (κ2) is 23.0. The van der Waals surface area contributed by atoms with E-state index in [9.17, 15) is 41.1 Å². The van der Waals surface area contributed by atoms with Crippen molar-refractivity contribution < 1.29 is 41.1 Å². The van der Waals surface area contributed by atoms with E-state index in [2.05, 4.69) is 36.2 Å². The maximum absolute atomic E-state index is 14.1. The highest BCUT2D eigenvalue weighted by Gasteiger charge is 2.33. The van der Waals surface area contributed by atoms with E-state index >= 15 is 0 Å². The molecular formula is C35H44F5N13O4S2. The summed E-state index contributed by atoms with van der Waals surface area (Å²) in [5.74, 6) is -3.37. The smallest absolute Gasteiger partial charge is 0.370 e. The first-order valence-corrected chi connectivity index (χ1v) is 19.5. The summed E-state index contributed by atoms with van der Waals surface area (Å²) in [5.41, 5.74) is 29.4. The molecule has 0 unspecified atom stereocenters. The molecule has 0 fully saturated rings. The number of carbonyl (C=O) groups is 4. The zero-order chi connectivity index (χ0) is 43.7. The van der Waals surface area contributed by atoms with Gasteiger partial charge < -0.3 is 55.7 Å². The quantitative estimate of drug-likeness (QED) is 0.0421. The fourth-order valence-electron chi connectivity index (χ4n) is 4.96. The molecule has 1 aliphatic heterocycles. The number of allylic oxidation sites excluding steroid dienone is 1. The van der Waals surface area contributed by atoms with Crippen LogP contribution in [0.3, 0.4) is 0 Å². The third-order valence-corrected chi connectivity index (χ3v) is 9.83. The van der Waals surface area contributed by atoms with Crippen LogP contribution in [0.25, 0.3) is 0 Å². The van der Waals surface area contributed by atoms with Crippen molar-refractivity contribution in [1.82, 2.24) is 0 Å². The predicted octanol–water partition coefficient (Wildman–Crippen LogP) is 3.20. The molecule has 17 nitrogen and oxygen atoms in total. The number of guanidine groups is 2. The minimum atomic E-state index is -4.91. The Bertz CT molecular complexity index is 2020. The van der Waals surface area contributed by atoms with Gasteiger partial charge in [-0.25, -0.2) is 8.78 Å². The molecule has 16 N–H and O–H groups in total. The average Bonchev–Trinajstić information content (AvgIpc) is 3.13. The van der Waals surface area contributed by atoms with Crippen molar-refractivity contribution in [2.24, 2.45) is 49.4 Å². The number of amides is 4. The van der Waals surface area contributed by atoms with Crippen molar-refractivity contribution in [2.45, 2.75) is 48.1 Å². The van der Waals surface area contributed by atoms with Crippen LogP contribution in [-0.2, 0) is 25.4 Å². The molecule has 0 saturated heterocycles. The Morgan fingerprint density at radius 2 is 1.20 bits per heavy atom. The Hall–Kier alpha value is -5.72. The van der Waals surface area contributed by atoms with Crippen molar-refractivity contribution in [3.05, 3.63) is 58.8 Å². The van der Waals surface area contributed by atoms with E-state index in [1.807, 2.05) is 0 Å². The average molecular weight is 870 g/mol. The lowest BCUT2D eigenvalue weighted by atomic mass is 10.1. The summed E-state index contributed by atoms with van der Waals surface area (Å²) in [6, 6.07) is 3.47. The number of halogens is 5. The van der Waals surface area contributed by atoms with Gasteiger partial charge in [0.05, 0.1) is 51.2 Å². The molecule has 0 spiro atoms. The number of nitrogens with zero attached hydrogens (tertiary/aromatic N) is 3. The number of benzene rings is 2. The van der Waals surface area contributed by atoms with Gasteiger partial charge in [-0.2, -0.15) is 13.2 Å². The van der Waals surface area contributed by atoms with E-state index in [4.69, 9.17) is 34.4 Å². The third kappa shape index (κ3) is 15.5. The highest BCUT2D eigenvalue weighted by atomic mass is 32.2. The van der Waals surface area contributed by atoms with Crippen LogP contribution < -0.4 is 55.7 Å². The summed E-state index contributed by atoms with van der Waals surface area (Å²) in [6.07, 6.45) is -4.09. The van der Waals surface area contributed by atoms with E-state index < -0.39 is 47.4 Å². The monoisotopic (exact) mass is 869 g/mol. The van der Waals surface area contributed by atoms with Gasteiger partial charge in [-0.15, -0.1) is 23.5 Å². The molecule has 0 saturated carbocycles. The summed E-state index contributed by atoms with van der Waals surface area (Å²) >= 11 is 2.02. The number of carbonyl (C=O) groups excluding carboxylic acids is 4. The largest absolute Gasteiger partial charge is 0.416 e. The van der Waals surface area contributed by atoms with Crippen LogP contribution in [0.4, 0.5) is 44.7 Å². The molecule has 2 aromatic carbocycles. The minimum absolute atomic E-state index is 0.0546. The highest BCUT2D eigenvalue weighted by molar-refractivity contribution is 7.99. The number of aliphatic imine (C=N–C) groups is 3. The van der Waals surface area contributed by atoms with E-state index in [1.165, 1.54) is 12.3 Å². The molecule has 24 heteroatoms. The van der Waals surface area contributed by atoms with Crippen molar-refractivity contribution in [1.29, 1.82) is 0 Å². The van der Waals surface area contributed by atoms with Gasteiger partial charge in [-0.1, -0.05) is 6.08 Å². The van der Waals surface area contributed by atoms with Gasteiger partial charge >= 0.3 is 6.18 Å². The molecule has 59 heavy (non-hydrogen) atoms. The fraction of sp³-hybridized carbons (Fsp3) is 0.343. The van der Waals surface area contributed by atoms with Gasteiger partial charge in [-0.3, -0.25) is 34.2 Å². The Balaban J connectivity index is 2.03. The maximum atomic E-state index is 14.1. The second-order valence-corrected chi connectivity index (χ2v) is 14.3. The van der Waals surface area contributed by atoms with E-state index in [1.54, 1.807) is 0 Å². The Morgan fingerprint density at radius 3 is 1.68 bits per heavy atom. The molecule has 320 valence electrons. The second-order valence-electron chi connectivity index (χ2n) is 12.1. The standard InChI is InChI=1S/C35H44F5N13O4S2/c36-30(37)19-14-21(50-26(54)4-9-48-33(43)44)28(58-11-6-41)22(15-19)53-32(57)25-13-18(3-1-2-8-47-25)31(56)52-24-17-20(35(38,39)40)16-23(29(24)59-12-7-42)51-27(55)5-10-49-34(45)46/h3,8,13-17,30H,1-2,4-7,9-12,41-42H2,(H,50,54)(H,51,55)(H,52,56)(H,53,57)(H4,43,44,48)(H4,45,46,49). The van der Waals surface area contributed by atoms with Gasteiger partial charge in [0.25, 0.3) is 18.2 Å². The molecule has 0 aliphatic carbocycles. The van der Waals surface area contributed by atoms with Crippen LogP contribution in [-0.4, -0.2) is 79.4 Å². The molecule has 1 heterocycles. The summed E-state index contributed by atoms with van der Waals surface area (Å²) < 4.78 is 70.6. The van der Waals surface area contributed by atoms with Crippen LogP contribution in [0, 0.1) is 0 Å². The first kappa shape index (κ1) is 47.7. The van der Waals surface area contributed by atoms with Crippen LogP contribution in [0.2, 0.25) is 0 Å². The van der Waals surface area contributed by atoms with Gasteiger partial charge in [0.1, 0.15) is 5.70 Å². The van der Waals surface area contributed by atoms with Crippen molar-refractivity contribution in [3.8, 4) is 0 Å². The molecule has 4 amide bonds. The first-order chi connectivity index (χ1) is 27.9. The van der Waals surface area contributed by atoms with Crippen LogP contribution in [0.1, 0.15) is 43.2 Å². The zero-order valence-corrected chi connectivity index (χ0v) is 33.0. The molecule has 2 aromatic rings. The SMILES string of the molecule is NCCSc1c(NC(=O)CCN=C(N)N)cc(C(F)(F)F)cc1NC(=O)C1=CCCC=NC(C(=O)Nc2cc(C(F)F)cc(NC(=O)CCN=C(N)N)c2SCCN)=C1. The lowest BCUT2D eigenvalue weighted by Gasteiger charge is -2.20. The van der Waals surface area contributed by atoms with Gasteiger partial charge in [0, 0.05) is 54.8 Å². The van der Waals surface area contributed by atoms with E-state index in [-0.39, 0.29) is 119 Å². The van der Waals surface area contributed by atoms with Crippen LogP contribution in [0.5, 0.6) is 0 Å². The zero-order valence-electron chi connectivity index (χ0n) is 31.3. The number of nitrogens with two attached hydrogens (primary N) is 6. The van der Waals surface area contributed by atoms with Gasteiger partial charge in [0.2, 0.25) is 11.8 Å². The topological polar surface area (TPSA) is 310 Å². The lowest BCUT2D eigenvalue weighted by Crippen LogP contribution is -2.24. The van der Waals surface area contributed by atoms with E-state index in [0.717, 1.165) is 41.7 Å². The Kier molecular flexibility index (Phi) is 18.6. The summed E-state index contributed by atoms with van der Waals surface area (Å²) in [6.45, 7) is -0.0155. The summed E-state index contributed by atoms with van der Waals surface area (Å²) in [5, 5.41) is 9.97. The number of hydrogen-bond acceptors (Lipinski definition) is 11. The molecule has 0 bridgehead atoms. The first-order valence-electron chi connectivity index (χ1n) is 17.6. The third-order valence-electron chi connectivity index (χ3n) is 7.50. The number of alkyl halides is 5. The van der Waals surface area contributed by atoms with Crippen LogP contribution in [0.15, 0.2) is 72.5 Å². The highest BCUT2D eigenvalue weighted by Crippen LogP contribution is 2.42. The normalized spacial score (nSPS) is 12.7. The van der Waals surface area contributed by atoms with Crippen molar-refractivity contribution in [2.75, 3.05) is 59.0 Å². The number of rotatable bonds is 19. The molecular weight excluding hydrogens is 826 g/mol. The number of hydrogen-bond donors (Lipinski definition) is 10. The number of nitrogens with one attached hydrogen (secondary N) is 4. The molecule has 3 rings (SSSR count). The number of anilines is 4. The molecule has 0 aromatic heterocycles. The molecule has 0 radical (unpaired) electrons. The summed E-state index contributed by atoms with van der Waals surface area (Å²) in [4.78, 5) is 64.9. The van der Waals surface area contributed by atoms with Gasteiger partial charge in [-0.05, 0) is 43.2 Å². The predicted molar refractivity (Wildman–Crippen MR) is 221 cm³/mol. The minimum Gasteiger partial charge on any atom is -0.370 e. The van der Waals surface area contributed by atoms with Gasteiger partial charge in [0.15, 0.2) is 11.9 Å². The maximum Gasteiger partial charge on any atom is 0.416 e.